The number of aromatic nitrogens is 4. The van der Waals surface area contributed by atoms with Crippen LogP contribution in [0.3, 0.4) is 0 Å². The zero-order valence-electron chi connectivity index (χ0n) is 14.7. The number of aliphatic hydroxyl groups is 1. The van der Waals surface area contributed by atoms with Crippen molar-refractivity contribution in [3.63, 3.8) is 0 Å². The first kappa shape index (κ1) is 18.1. The topological polar surface area (TPSA) is 83.9 Å². The van der Waals surface area contributed by atoms with Gasteiger partial charge in [0.1, 0.15) is 11.9 Å². The first-order chi connectivity index (χ1) is 12.8. The molecule has 0 spiro atoms. The van der Waals surface area contributed by atoms with Gasteiger partial charge in [0.15, 0.2) is 0 Å². The third kappa shape index (κ3) is 5.39. The summed E-state index contributed by atoms with van der Waals surface area (Å²) in [5, 5.41) is 23.2. The highest BCUT2D eigenvalue weighted by Gasteiger charge is 2.11. The van der Waals surface area contributed by atoms with Crippen molar-refractivity contribution in [3.8, 4) is 16.9 Å². The number of hydrogen-bond acceptors (Lipinski definition) is 5. The molecule has 136 valence electrons. The molecule has 0 radical (unpaired) electrons. The van der Waals surface area contributed by atoms with Crippen LogP contribution in [0.15, 0.2) is 54.6 Å². The molecule has 0 aliphatic rings. The first-order valence-electron chi connectivity index (χ1n) is 9.02. The smallest absolute Gasteiger partial charge is 0.202 e. The lowest BCUT2D eigenvalue weighted by atomic mass is 10.1. The average Bonchev–Trinajstić information content (AvgIpc) is 3.23. The van der Waals surface area contributed by atoms with Crippen LogP contribution in [-0.2, 0) is 0 Å². The fraction of sp³-hybridized carbons (Fsp3) is 0.350. The number of rotatable bonds is 10. The highest BCUT2D eigenvalue weighted by molar-refractivity contribution is 5.63. The van der Waals surface area contributed by atoms with Gasteiger partial charge in [0.2, 0.25) is 5.82 Å². The molecule has 6 heteroatoms. The molecule has 2 aromatic carbocycles. The molecule has 0 aliphatic carbocycles. The van der Waals surface area contributed by atoms with Crippen molar-refractivity contribution in [2.45, 2.75) is 38.2 Å². The van der Waals surface area contributed by atoms with E-state index in [4.69, 9.17) is 4.74 Å². The minimum atomic E-state index is -0.631. The van der Waals surface area contributed by atoms with Crippen LogP contribution in [0.4, 0.5) is 0 Å². The second kappa shape index (κ2) is 9.68. The second-order valence-electron chi connectivity index (χ2n) is 6.23. The van der Waals surface area contributed by atoms with Crippen LogP contribution < -0.4 is 4.74 Å². The van der Waals surface area contributed by atoms with E-state index in [1.807, 2.05) is 30.3 Å². The van der Waals surface area contributed by atoms with Crippen LogP contribution in [-0.4, -0.2) is 32.3 Å². The van der Waals surface area contributed by atoms with Crippen molar-refractivity contribution in [3.05, 3.63) is 60.4 Å². The van der Waals surface area contributed by atoms with Gasteiger partial charge in [-0.2, -0.15) is 5.21 Å². The van der Waals surface area contributed by atoms with Crippen LogP contribution in [0.2, 0.25) is 0 Å². The van der Waals surface area contributed by atoms with Crippen molar-refractivity contribution in [2.24, 2.45) is 0 Å². The lowest BCUT2D eigenvalue weighted by molar-refractivity contribution is 0.153. The van der Waals surface area contributed by atoms with Crippen molar-refractivity contribution in [1.82, 2.24) is 20.6 Å². The Morgan fingerprint density at radius 1 is 0.885 bits per heavy atom. The number of aliphatic hydroxyl groups excluding tert-OH is 1. The molecule has 0 saturated carbocycles. The molecule has 1 aromatic heterocycles. The van der Waals surface area contributed by atoms with Crippen molar-refractivity contribution in [1.29, 1.82) is 0 Å². The summed E-state index contributed by atoms with van der Waals surface area (Å²) >= 11 is 0. The number of nitrogens with one attached hydrogen (secondary N) is 1. The van der Waals surface area contributed by atoms with Gasteiger partial charge in [-0.25, -0.2) is 0 Å². The number of aromatic amines is 1. The van der Waals surface area contributed by atoms with Crippen molar-refractivity contribution >= 4 is 0 Å². The largest absolute Gasteiger partial charge is 0.494 e. The van der Waals surface area contributed by atoms with Gasteiger partial charge in [-0.3, -0.25) is 0 Å². The zero-order valence-corrected chi connectivity index (χ0v) is 14.7. The van der Waals surface area contributed by atoms with E-state index < -0.39 is 6.10 Å². The number of tetrazole rings is 1. The summed E-state index contributed by atoms with van der Waals surface area (Å²) in [5.41, 5.74) is 2.40. The lowest BCUT2D eigenvalue weighted by Crippen LogP contribution is -2.01. The maximum Gasteiger partial charge on any atom is 0.202 e. The minimum absolute atomic E-state index is 0.368. The third-order valence-electron chi connectivity index (χ3n) is 4.26. The van der Waals surface area contributed by atoms with Crippen LogP contribution >= 0.6 is 0 Å². The Morgan fingerprint density at radius 2 is 1.62 bits per heavy atom. The number of nitrogens with zero attached hydrogens (tertiary/aromatic N) is 3. The van der Waals surface area contributed by atoms with Crippen molar-refractivity contribution in [2.75, 3.05) is 6.61 Å². The number of hydrogen-bond donors (Lipinski definition) is 2. The minimum Gasteiger partial charge on any atom is -0.494 e. The molecule has 1 atom stereocenters. The molecule has 0 saturated heterocycles. The van der Waals surface area contributed by atoms with Gasteiger partial charge in [0.25, 0.3) is 0 Å². The van der Waals surface area contributed by atoms with Gasteiger partial charge in [-0.05, 0) is 36.1 Å². The Labute approximate surface area is 153 Å². The molecule has 2 N–H and O–H groups in total. The normalized spacial score (nSPS) is 12.0. The van der Waals surface area contributed by atoms with E-state index in [1.54, 1.807) is 0 Å². The second-order valence-corrected chi connectivity index (χ2v) is 6.23. The first-order valence-corrected chi connectivity index (χ1v) is 9.02. The summed E-state index contributed by atoms with van der Waals surface area (Å²) < 4.78 is 5.80. The van der Waals surface area contributed by atoms with Gasteiger partial charge in [0, 0.05) is 0 Å². The van der Waals surface area contributed by atoms with Gasteiger partial charge in [-0.15, -0.1) is 10.2 Å². The zero-order chi connectivity index (χ0) is 18.0. The Hall–Kier alpha value is -2.73. The van der Waals surface area contributed by atoms with Crippen LogP contribution in [0, 0.1) is 0 Å². The van der Waals surface area contributed by atoms with Gasteiger partial charge in [0.05, 0.1) is 6.61 Å². The number of unbranched alkanes of at least 4 members (excludes halogenated alkanes) is 3. The van der Waals surface area contributed by atoms with Gasteiger partial charge >= 0.3 is 0 Å². The monoisotopic (exact) mass is 352 g/mol. The molecule has 0 amide bonds. The molecular weight excluding hydrogens is 328 g/mol. The summed E-state index contributed by atoms with van der Waals surface area (Å²) in [6, 6.07) is 18.5. The summed E-state index contributed by atoms with van der Waals surface area (Å²) in [5.74, 6) is 1.27. The van der Waals surface area contributed by atoms with E-state index >= 15 is 0 Å². The standard InChI is InChI=1S/C20H24N4O2/c25-19(20-21-23-24-22-20)10-6-1-2-7-15-26-18-13-11-17(12-14-18)16-8-4-3-5-9-16/h3-5,8-9,11-14,19,25H,1-2,6-7,10,15H2,(H,21,22,23,24). The molecule has 1 heterocycles. The van der Waals surface area contributed by atoms with E-state index in [0.29, 0.717) is 18.9 Å². The van der Waals surface area contributed by atoms with E-state index in [2.05, 4.69) is 44.9 Å². The maximum atomic E-state index is 9.86. The fourth-order valence-corrected chi connectivity index (χ4v) is 2.80. The van der Waals surface area contributed by atoms with Gasteiger partial charge in [-0.1, -0.05) is 66.9 Å². The van der Waals surface area contributed by atoms with Crippen molar-refractivity contribution < 1.29 is 9.84 Å². The van der Waals surface area contributed by atoms with E-state index in [0.717, 1.165) is 31.4 Å². The molecule has 0 fully saturated rings. The summed E-state index contributed by atoms with van der Waals surface area (Å²) in [6.07, 6.45) is 4.07. The molecule has 0 aliphatic heterocycles. The Balaban J connectivity index is 1.29. The van der Waals surface area contributed by atoms with Gasteiger partial charge < -0.3 is 9.84 Å². The molecule has 3 rings (SSSR count). The lowest BCUT2D eigenvalue weighted by Gasteiger charge is -2.08. The molecule has 26 heavy (non-hydrogen) atoms. The Morgan fingerprint density at radius 3 is 2.35 bits per heavy atom. The Bertz CT molecular complexity index is 745. The van der Waals surface area contributed by atoms with Crippen LogP contribution in [0.1, 0.15) is 44.0 Å². The predicted molar refractivity (Wildman–Crippen MR) is 99.6 cm³/mol. The van der Waals surface area contributed by atoms with Crippen LogP contribution in [0.25, 0.3) is 11.1 Å². The van der Waals surface area contributed by atoms with E-state index in [1.165, 1.54) is 11.1 Å². The van der Waals surface area contributed by atoms with E-state index in [-0.39, 0.29) is 0 Å². The number of H-pyrrole nitrogens is 1. The highest BCUT2D eigenvalue weighted by Crippen LogP contribution is 2.22. The predicted octanol–water partition coefficient (Wildman–Crippen LogP) is 3.93. The number of ether oxygens (including phenoxy) is 1. The summed E-state index contributed by atoms with van der Waals surface area (Å²) in [7, 11) is 0. The third-order valence-corrected chi connectivity index (χ3v) is 4.26. The molecule has 3 aromatic rings. The quantitative estimate of drug-likeness (QED) is 0.540. The average molecular weight is 352 g/mol. The number of benzene rings is 2. The fourth-order valence-electron chi connectivity index (χ4n) is 2.80. The summed E-state index contributed by atoms with van der Waals surface area (Å²) in [6.45, 7) is 0.706. The highest BCUT2D eigenvalue weighted by atomic mass is 16.5. The maximum absolute atomic E-state index is 9.86. The SMILES string of the molecule is OC(CCCCCCOc1ccc(-c2ccccc2)cc1)c1nn[nH]n1. The molecule has 1 unspecified atom stereocenters. The van der Waals surface area contributed by atoms with E-state index in [9.17, 15) is 5.11 Å². The molecule has 0 bridgehead atoms. The Kier molecular flexibility index (Phi) is 6.73. The summed E-state index contributed by atoms with van der Waals surface area (Å²) in [4.78, 5) is 0. The molecule has 6 nitrogen and oxygen atoms in total. The van der Waals surface area contributed by atoms with Crippen LogP contribution in [0.5, 0.6) is 5.75 Å². The molecular formula is C20H24N4O2.